The van der Waals surface area contributed by atoms with Crippen LogP contribution in [0.2, 0.25) is 5.02 Å². The van der Waals surface area contributed by atoms with Crippen molar-refractivity contribution in [3.05, 3.63) is 112 Å². The Bertz CT molecular complexity index is 1620. The summed E-state index contributed by atoms with van der Waals surface area (Å²) in [6.07, 6.45) is -2.85. The number of thioether (sulfide) groups is 1. The second kappa shape index (κ2) is 10.3. The average molecular weight is 539 g/mol. The quantitative estimate of drug-likeness (QED) is 0.217. The van der Waals surface area contributed by atoms with E-state index in [2.05, 4.69) is 20.3 Å². The van der Waals surface area contributed by atoms with Crippen LogP contribution in [0.1, 0.15) is 11.1 Å². The Morgan fingerprint density at radius 2 is 1.70 bits per heavy atom. The molecule has 0 aliphatic rings. The molecule has 0 aliphatic carbocycles. The first-order valence-corrected chi connectivity index (χ1v) is 12.4. The molecule has 5 nitrogen and oxygen atoms in total. The lowest BCUT2D eigenvalue weighted by atomic mass is 10.1. The van der Waals surface area contributed by atoms with Crippen LogP contribution in [0.15, 0.2) is 94.7 Å². The number of alkyl halides is 3. The number of hydrogen-bond acceptors (Lipinski definition) is 5. The molecule has 5 aromatic rings. The van der Waals surface area contributed by atoms with Gasteiger partial charge in [-0.25, -0.2) is 9.97 Å². The van der Waals surface area contributed by atoms with Crippen LogP contribution in [-0.2, 0) is 11.9 Å². The lowest BCUT2D eigenvalue weighted by molar-refractivity contribution is -0.137. The number of halogens is 4. The van der Waals surface area contributed by atoms with Gasteiger partial charge in [-0.1, -0.05) is 23.7 Å². The van der Waals surface area contributed by atoms with E-state index in [1.54, 1.807) is 24.4 Å². The van der Waals surface area contributed by atoms with Gasteiger partial charge in [0, 0.05) is 44.2 Å². The lowest BCUT2D eigenvalue weighted by Crippen LogP contribution is -2.11. The normalized spacial score (nSPS) is 11.6. The highest BCUT2D eigenvalue weighted by molar-refractivity contribution is 7.98. The number of hydrogen-bond donors (Lipinski definition) is 2. The van der Waals surface area contributed by atoms with Gasteiger partial charge in [0.25, 0.3) is 5.56 Å². The molecule has 0 unspecified atom stereocenters. The van der Waals surface area contributed by atoms with Crippen molar-refractivity contribution in [2.45, 2.75) is 16.8 Å². The Labute approximate surface area is 218 Å². The Hall–Kier alpha value is -3.82. The van der Waals surface area contributed by atoms with Crippen molar-refractivity contribution in [1.82, 2.24) is 15.0 Å². The van der Waals surface area contributed by atoms with E-state index in [-0.39, 0.29) is 5.56 Å². The molecule has 0 aliphatic heterocycles. The fourth-order valence-corrected chi connectivity index (χ4v) is 4.71. The maximum absolute atomic E-state index is 12.8. The van der Waals surface area contributed by atoms with Crippen LogP contribution in [0, 0.1) is 0 Å². The van der Waals surface area contributed by atoms with Crippen molar-refractivity contribution in [2.75, 3.05) is 5.32 Å². The molecule has 0 amide bonds. The fraction of sp³-hybridized carbons (Fsp3) is 0.0741. The minimum atomic E-state index is -4.39. The molecule has 186 valence electrons. The van der Waals surface area contributed by atoms with Gasteiger partial charge in [-0.15, -0.1) is 11.8 Å². The molecular formula is C27H18ClF3N4OS. The minimum absolute atomic E-state index is 0.134. The average Bonchev–Trinajstić information content (AvgIpc) is 2.88. The molecule has 0 bridgehead atoms. The molecular weight excluding hydrogens is 521 g/mol. The van der Waals surface area contributed by atoms with Gasteiger partial charge in [-0.3, -0.25) is 4.79 Å². The Balaban J connectivity index is 1.25. The summed E-state index contributed by atoms with van der Waals surface area (Å²) in [6, 6.07) is 21.2. The van der Waals surface area contributed by atoms with Crippen molar-refractivity contribution in [3.8, 4) is 11.3 Å². The molecule has 0 saturated carbocycles. The van der Waals surface area contributed by atoms with Gasteiger partial charge < -0.3 is 10.3 Å². The first-order chi connectivity index (χ1) is 17.7. The van der Waals surface area contributed by atoms with Gasteiger partial charge in [0.15, 0.2) is 0 Å². The smallest absolute Gasteiger partial charge is 0.324 e. The van der Waals surface area contributed by atoms with E-state index in [0.29, 0.717) is 33.5 Å². The molecule has 37 heavy (non-hydrogen) atoms. The Kier molecular flexibility index (Phi) is 6.90. The van der Waals surface area contributed by atoms with E-state index < -0.39 is 11.7 Å². The van der Waals surface area contributed by atoms with Crippen LogP contribution in [0.4, 0.5) is 24.8 Å². The maximum Gasteiger partial charge on any atom is 0.416 e. The van der Waals surface area contributed by atoms with Gasteiger partial charge in [0.2, 0.25) is 5.95 Å². The number of rotatable bonds is 6. The second-order valence-electron chi connectivity index (χ2n) is 8.13. The molecule has 0 radical (unpaired) electrons. The van der Waals surface area contributed by atoms with Crippen LogP contribution < -0.4 is 10.9 Å². The second-order valence-corrected chi connectivity index (χ2v) is 9.62. The number of pyridine rings is 1. The highest BCUT2D eigenvalue weighted by atomic mass is 35.5. The number of nitrogens with one attached hydrogen (secondary N) is 2. The van der Waals surface area contributed by atoms with E-state index in [0.717, 1.165) is 33.6 Å². The minimum Gasteiger partial charge on any atom is -0.324 e. The van der Waals surface area contributed by atoms with Crippen molar-refractivity contribution < 1.29 is 13.2 Å². The van der Waals surface area contributed by atoms with E-state index in [1.165, 1.54) is 23.9 Å². The van der Waals surface area contributed by atoms with E-state index >= 15 is 0 Å². The Morgan fingerprint density at radius 1 is 0.946 bits per heavy atom. The number of nitrogens with zero attached hydrogens (tertiary/aromatic N) is 2. The lowest BCUT2D eigenvalue weighted by Gasteiger charge is -2.09. The molecule has 2 aromatic heterocycles. The van der Waals surface area contributed by atoms with Crippen molar-refractivity contribution in [1.29, 1.82) is 0 Å². The largest absolute Gasteiger partial charge is 0.416 e. The summed E-state index contributed by atoms with van der Waals surface area (Å²) in [5, 5.41) is 4.59. The maximum atomic E-state index is 12.8. The molecule has 5 rings (SSSR count). The van der Waals surface area contributed by atoms with Gasteiger partial charge in [-0.2, -0.15) is 13.2 Å². The highest BCUT2D eigenvalue weighted by Gasteiger charge is 2.30. The van der Waals surface area contributed by atoms with Crippen molar-refractivity contribution >= 4 is 45.9 Å². The number of anilines is 2. The van der Waals surface area contributed by atoms with Crippen LogP contribution >= 0.6 is 23.4 Å². The molecule has 0 atom stereocenters. The van der Waals surface area contributed by atoms with Crippen LogP contribution in [0.3, 0.4) is 0 Å². The first kappa shape index (κ1) is 24.9. The zero-order valence-corrected chi connectivity index (χ0v) is 20.6. The monoisotopic (exact) mass is 538 g/mol. The van der Waals surface area contributed by atoms with Crippen LogP contribution in [-0.4, -0.2) is 15.0 Å². The number of H-pyrrole nitrogens is 1. The predicted octanol–water partition coefficient (Wildman–Crippen LogP) is 7.69. The number of aromatic amines is 1. The van der Waals surface area contributed by atoms with Gasteiger partial charge >= 0.3 is 6.18 Å². The van der Waals surface area contributed by atoms with Crippen LogP contribution in [0.5, 0.6) is 0 Å². The zero-order chi connectivity index (χ0) is 26.0. The van der Waals surface area contributed by atoms with E-state index in [1.807, 2.05) is 36.4 Å². The summed E-state index contributed by atoms with van der Waals surface area (Å²) < 4.78 is 38.5. The number of aromatic nitrogens is 3. The highest BCUT2D eigenvalue weighted by Crippen LogP contribution is 2.31. The third kappa shape index (κ3) is 5.95. The topological polar surface area (TPSA) is 70.7 Å². The third-order valence-corrected chi connectivity index (χ3v) is 6.85. The summed E-state index contributed by atoms with van der Waals surface area (Å²) in [4.78, 5) is 24.9. The molecule has 0 spiro atoms. The number of fused-ring (bicyclic) bond motifs is 1. The Morgan fingerprint density at radius 3 is 2.43 bits per heavy atom. The summed E-state index contributed by atoms with van der Waals surface area (Å²) in [6.45, 7) is 0. The summed E-state index contributed by atoms with van der Waals surface area (Å²) in [7, 11) is 0. The van der Waals surface area contributed by atoms with Crippen molar-refractivity contribution in [3.63, 3.8) is 0 Å². The summed E-state index contributed by atoms with van der Waals surface area (Å²) in [5.74, 6) is 0.808. The van der Waals surface area contributed by atoms with Gasteiger partial charge in [-0.05, 0) is 72.1 Å². The van der Waals surface area contributed by atoms with Crippen LogP contribution in [0.25, 0.3) is 22.2 Å². The fourth-order valence-electron chi connectivity index (χ4n) is 3.66. The molecule has 2 N–H and O–H groups in total. The third-order valence-electron chi connectivity index (χ3n) is 5.55. The number of benzene rings is 3. The van der Waals surface area contributed by atoms with Gasteiger partial charge in [0.1, 0.15) is 0 Å². The summed E-state index contributed by atoms with van der Waals surface area (Å²) >= 11 is 7.59. The first-order valence-electron chi connectivity index (χ1n) is 11.1. The standard InChI is InChI=1S/C27H18ClF3N4OS/c28-20-5-10-23-17(14-20)13-18(25(36)34-23)15-37-22-8-6-21(7-9-22)33-26-32-12-11-24(35-26)16-1-3-19(4-2-16)27(29,30)31/h1-14H,15H2,(H,34,36)(H,32,33,35). The molecule has 0 saturated heterocycles. The summed E-state index contributed by atoms with van der Waals surface area (Å²) in [5.41, 5.74) is 2.34. The predicted molar refractivity (Wildman–Crippen MR) is 141 cm³/mol. The van der Waals surface area contributed by atoms with Crippen molar-refractivity contribution in [2.24, 2.45) is 0 Å². The molecule has 10 heteroatoms. The molecule has 3 aromatic carbocycles. The molecule has 0 fully saturated rings. The SMILES string of the molecule is O=c1[nH]c2ccc(Cl)cc2cc1CSc1ccc(Nc2nccc(-c3ccc(C(F)(F)F)cc3)n2)cc1. The van der Waals surface area contributed by atoms with E-state index in [9.17, 15) is 18.0 Å². The van der Waals surface area contributed by atoms with E-state index in [4.69, 9.17) is 11.6 Å². The van der Waals surface area contributed by atoms with Gasteiger partial charge in [0.05, 0.1) is 11.3 Å². The zero-order valence-electron chi connectivity index (χ0n) is 19.0. The molecule has 2 heterocycles.